The molecule has 1 amide bonds. The van der Waals surface area contributed by atoms with Gasteiger partial charge in [0.2, 0.25) is 0 Å². The Morgan fingerprint density at radius 2 is 1.82 bits per heavy atom. The van der Waals surface area contributed by atoms with Crippen LogP contribution in [0.2, 0.25) is 0 Å². The molecule has 0 fully saturated rings. The Morgan fingerprint density at radius 1 is 1.03 bits per heavy atom. The number of hydrogen-bond donors (Lipinski definition) is 3. The molecule has 0 saturated carbocycles. The summed E-state index contributed by atoms with van der Waals surface area (Å²) < 4.78 is 7.16. The Balaban J connectivity index is 1.48. The van der Waals surface area contributed by atoms with Crippen LogP contribution in [0.1, 0.15) is 17.1 Å². The highest BCUT2D eigenvalue weighted by Crippen LogP contribution is 2.28. The number of furan rings is 1. The zero-order valence-electron chi connectivity index (χ0n) is 17.5. The van der Waals surface area contributed by atoms with Gasteiger partial charge < -0.3 is 14.6 Å². The van der Waals surface area contributed by atoms with Gasteiger partial charge in [-0.05, 0) is 29.8 Å². The zero-order chi connectivity index (χ0) is 23.0. The average Bonchev–Trinajstić information content (AvgIpc) is 3.50. The molecule has 2 aromatic carbocycles. The molecule has 168 valence electrons. The molecule has 10 heteroatoms. The molecule has 0 bridgehead atoms. The van der Waals surface area contributed by atoms with Crippen LogP contribution >= 0.6 is 11.8 Å². The molecule has 0 aliphatic rings. The highest BCUT2D eigenvalue weighted by atomic mass is 32.2. The van der Waals surface area contributed by atoms with E-state index >= 15 is 0 Å². The summed E-state index contributed by atoms with van der Waals surface area (Å²) in [7, 11) is 0. The fraction of sp³-hybridized carbons (Fsp3) is 0.130. The predicted molar refractivity (Wildman–Crippen MR) is 124 cm³/mol. The monoisotopic (exact) mass is 463 g/mol. The van der Waals surface area contributed by atoms with Crippen LogP contribution in [0, 0.1) is 0 Å². The van der Waals surface area contributed by atoms with E-state index in [9.17, 15) is 9.90 Å². The van der Waals surface area contributed by atoms with Crippen molar-refractivity contribution in [3.63, 3.8) is 0 Å². The molecule has 0 aliphatic heterocycles. The van der Waals surface area contributed by atoms with Crippen molar-refractivity contribution in [2.45, 2.75) is 18.4 Å². The van der Waals surface area contributed by atoms with Crippen molar-refractivity contribution in [2.75, 3.05) is 5.75 Å². The minimum Gasteiger partial charge on any atom is -0.458 e. The van der Waals surface area contributed by atoms with Crippen LogP contribution in [0.5, 0.6) is 0 Å². The number of thioether (sulfide) groups is 1. The van der Waals surface area contributed by atoms with Gasteiger partial charge in [0.05, 0.1) is 18.6 Å². The number of aromatic nitrogens is 3. The summed E-state index contributed by atoms with van der Waals surface area (Å²) in [6, 6.07) is 20.3. The third kappa shape index (κ3) is 5.55. The molecule has 0 spiro atoms. The number of nitrogens with one attached hydrogen (secondary N) is 1. The minimum absolute atomic E-state index is 0.0349. The Morgan fingerprint density at radius 3 is 2.52 bits per heavy atom. The smallest absolute Gasteiger partial charge is 0.250 e. The molecule has 0 unspecified atom stereocenters. The number of aliphatic hydroxyl groups is 2. The van der Waals surface area contributed by atoms with Crippen LogP contribution in [-0.2, 0) is 18.0 Å². The highest BCUT2D eigenvalue weighted by molar-refractivity contribution is 7.99. The second-order valence-electron chi connectivity index (χ2n) is 6.88. The maximum Gasteiger partial charge on any atom is 0.250 e. The molecular weight excluding hydrogens is 442 g/mol. The fourth-order valence-electron chi connectivity index (χ4n) is 3.00. The summed E-state index contributed by atoms with van der Waals surface area (Å²) in [6.07, 6.45) is 1.36. The van der Waals surface area contributed by atoms with E-state index in [4.69, 9.17) is 9.52 Å². The van der Waals surface area contributed by atoms with Gasteiger partial charge in [-0.3, -0.25) is 9.36 Å². The van der Waals surface area contributed by atoms with Crippen LogP contribution in [-0.4, -0.2) is 42.9 Å². The van der Waals surface area contributed by atoms with E-state index in [1.165, 1.54) is 18.0 Å². The third-order valence-corrected chi connectivity index (χ3v) is 5.52. The predicted octanol–water partition coefficient (Wildman–Crippen LogP) is 2.75. The number of hydrazone groups is 1. The van der Waals surface area contributed by atoms with Gasteiger partial charge in [0.1, 0.15) is 18.1 Å². The van der Waals surface area contributed by atoms with Gasteiger partial charge in [0, 0.05) is 11.3 Å². The van der Waals surface area contributed by atoms with Crippen LogP contribution in [0.4, 0.5) is 0 Å². The summed E-state index contributed by atoms with van der Waals surface area (Å²) in [6.45, 7) is -0.237. The van der Waals surface area contributed by atoms with Gasteiger partial charge in [-0.15, -0.1) is 10.2 Å². The Bertz CT molecular complexity index is 1240. The van der Waals surface area contributed by atoms with Gasteiger partial charge >= 0.3 is 0 Å². The molecule has 0 radical (unpaired) electrons. The normalized spacial score (nSPS) is 11.2. The number of amides is 1. The quantitative estimate of drug-likeness (QED) is 0.198. The van der Waals surface area contributed by atoms with E-state index in [2.05, 4.69) is 20.7 Å². The molecule has 0 saturated heterocycles. The first-order valence-corrected chi connectivity index (χ1v) is 11.0. The number of para-hydroxylation sites is 1. The lowest BCUT2D eigenvalue weighted by Gasteiger charge is -2.10. The van der Waals surface area contributed by atoms with E-state index in [1.54, 1.807) is 12.1 Å². The summed E-state index contributed by atoms with van der Waals surface area (Å²) in [5, 5.41) is 31.4. The molecular formula is C23H21N5O4S. The van der Waals surface area contributed by atoms with E-state index < -0.39 is 0 Å². The lowest BCUT2D eigenvalue weighted by atomic mass is 10.1. The fourth-order valence-corrected chi connectivity index (χ4v) is 3.74. The number of nitrogens with zero attached hydrogens (tertiary/aromatic N) is 4. The van der Waals surface area contributed by atoms with E-state index in [0.717, 1.165) is 16.8 Å². The lowest BCUT2D eigenvalue weighted by molar-refractivity contribution is -0.118. The van der Waals surface area contributed by atoms with Gasteiger partial charge in [0.25, 0.3) is 5.91 Å². The average molecular weight is 464 g/mol. The van der Waals surface area contributed by atoms with Crippen LogP contribution in [0.25, 0.3) is 17.1 Å². The standard InChI is InChI=1S/C23H21N5O4S/c29-13-16-6-8-17(9-7-16)22-26-27-23(28(22)18-4-2-1-3-5-18)33-15-21(31)25-24-12-19-10-11-20(14-30)32-19/h1-12,29-30H,13-15H2,(H,25,31). The van der Waals surface area contributed by atoms with Crippen molar-refractivity contribution in [3.05, 3.63) is 83.8 Å². The third-order valence-electron chi connectivity index (χ3n) is 4.59. The molecule has 2 heterocycles. The highest BCUT2D eigenvalue weighted by Gasteiger charge is 2.17. The van der Waals surface area contributed by atoms with E-state index in [0.29, 0.717) is 22.5 Å². The number of rotatable bonds is 9. The summed E-state index contributed by atoms with van der Waals surface area (Å²) in [4.78, 5) is 12.3. The number of carbonyl (C=O) groups is 1. The first-order valence-electron chi connectivity index (χ1n) is 10.0. The molecule has 0 atom stereocenters. The Labute approximate surface area is 193 Å². The number of benzene rings is 2. The number of aliphatic hydroxyl groups excluding tert-OH is 2. The minimum atomic E-state index is -0.318. The van der Waals surface area contributed by atoms with E-state index in [1.807, 2.05) is 59.2 Å². The lowest BCUT2D eigenvalue weighted by Crippen LogP contribution is -2.19. The van der Waals surface area contributed by atoms with Gasteiger partial charge in [0.15, 0.2) is 11.0 Å². The molecule has 33 heavy (non-hydrogen) atoms. The Kier molecular flexibility index (Phi) is 7.30. The maximum atomic E-state index is 12.3. The molecule has 3 N–H and O–H groups in total. The topological polar surface area (TPSA) is 126 Å². The zero-order valence-corrected chi connectivity index (χ0v) is 18.3. The van der Waals surface area contributed by atoms with Crippen molar-refractivity contribution in [1.82, 2.24) is 20.2 Å². The second-order valence-corrected chi connectivity index (χ2v) is 7.82. The molecule has 9 nitrogen and oxygen atoms in total. The molecule has 4 rings (SSSR count). The maximum absolute atomic E-state index is 12.3. The van der Waals surface area contributed by atoms with Crippen molar-refractivity contribution in [2.24, 2.45) is 5.10 Å². The first-order chi connectivity index (χ1) is 16.2. The van der Waals surface area contributed by atoms with Gasteiger partial charge in [-0.25, -0.2) is 5.43 Å². The van der Waals surface area contributed by atoms with Crippen molar-refractivity contribution < 1.29 is 19.4 Å². The first kappa shape index (κ1) is 22.5. The summed E-state index contributed by atoms with van der Waals surface area (Å²) >= 11 is 1.23. The van der Waals surface area contributed by atoms with Crippen LogP contribution in [0.15, 0.2) is 81.4 Å². The van der Waals surface area contributed by atoms with E-state index in [-0.39, 0.29) is 24.9 Å². The van der Waals surface area contributed by atoms with Crippen LogP contribution < -0.4 is 5.43 Å². The largest absolute Gasteiger partial charge is 0.458 e. The van der Waals surface area contributed by atoms with Crippen molar-refractivity contribution in [3.8, 4) is 17.1 Å². The summed E-state index contributed by atoms with van der Waals surface area (Å²) in [5.41, 5.74) is 4.95. The number of hydrogen-bond acceptors (Lipinski definition) is 8. The van der Waals surface area contributed by atoms with Crippen LogP contribution in [0.3, 0.4) is 0 Å². The van der Waals surface area contributed by atoms with Crippen molar-refractivity contribution >= 4 is 23.9 Å². The van der Waals surface area contributed by atoms with Crippen molar-refractivity contribution in [1.29, 1.82) is 0 Å². The molecule has 2 aromatic heterocycles. The summed E-state index contributed by atoms with van der Waals surface area (Å²) in [5.74, 6) is 1.23. The second kappa shape index (κ2) is 10.7. The van der Waals surface area contributed by atoms with Gasteiger partial charge in [-0.1, -0.05) is 54.2 Å². The van der Waals surface area contributed by atoms with Gasteiger partial charge in [-0.2, -0.15) is 5.10 Å². The Hall–Kier alpha value is -3.73. The molecule has 4 aromatic rings. The SMILES string of the molecule is O=C(CSc1nnc(-c2ccc(CO)cc2)n1-c1ccccc1)NN=Cc1ccc(CO)o1. The molecule has 0 aliphatic carbocycles. The number of carbonyl (C=O) groups excluding carboxylic acids is 1.